The number of Topliss-reactive ketones (excluding diaryl/α,β-unsaturated/α-hetero) is 1. The van der Waals surface area contributed by atoms with Gasteiger partial charge in [-0.25, -0.2) is 4.98 Å². The monoisotopic (exact) mass is 372 g/mol. The number of aromatic nitrogens is 1. The van der Waals surface area contributed by atoms with Gasteiger partial charge in [-0.3, -0.25) is 9.69 Å². The molecule has 2 aromatic rings. The van der Waals surface area contributed by atoms with Crippen molar-refractivity contribution in [1.82, 2.24) is 9.88 Å². The molecule has 0 saturated carbocycles. The summed E-state index contributed by atoms with van der Waals surface area (Å²) in [5.74, 6) is 0.143. The second kappa shape index (κ2) is 6.40. The van der Waals surface area contributed by atoms with Crippen LogP contribution in [0.4, 0.5) is 0 Å². The van der Waals surface area contributed by atoms with Crippen LogP contribution in [0.2, 0.25) is 0 Å². The lowest BCUT2D eigenvalue weighted by Gasteiger charge is -2.14. The number of carbonyl (C=O) groups excluding carboxylic acids is 1. The minimum Gasteiger partial charge on any atom is -0.293 e. The summed E-state index contributed by atoms with van der Waals surface area (Å²) in [6.07, 6.45) is 0. The number of hydrogen-bond donors (Lipinski definition) is 0. The molecule has 94 valence electrons. The van der Waals surface area contributed by atoms with Crippen LogP contribution in [0.15, 0.2) is 35.2 Å². The second-order valence-electron chi connectivity index (χ2n) is 4.08. The third-order valence-electron chi connectivity index (χ3n) is 2.50. The first-order chi connectivity index (χ1) is 8.65. The molecule has 1 heterocycles. The molecule has 0 bridgehead atoms. The number of benzene rings is 1. The number of nitrogens with zero attached hydrogens (tertiary/aromatic N) is 2. The molecule has 3 nitrogen and oxygen atoms in total. The van der Waals surface area contributed by atoms with E-state index in [0.29, 0.717) is 13.1 Å². The van der Waals surface area contributed by atoms with Gasteiger partial charge in [-0.05, 0) is 41.8 Å². The molecule has 2 rings (SSSR count). The minimum absolute atomic E-state index is 0.143. The molecule has 18 heavy (non-hydrogen) atoms. The molecule has 0 saturated heterocycles. The Kier molecular flexibility index (Phi) is 4.85. The third-order valence-corrected chi connectivity index (χ3v) is 3.85. The van der Waals surface area contributed by atoms with E-state index in [1.807, 2.05) is 47.1 Å². The smallest absolute Gasteiger partial charge is 0.176 e. The molecular formula is C13H13IN2OS. The molecule has 0 amide bonds. The molecule has 0 unspecified atom stereocenters. The Bertz CT molecular complexity index is 510. The molecule has 0 radical (unpaired) electrons. The topological polar surface area (TPSA) is 33.2 Å². The normalized spacial score (nSPS) is 10.8. The van der Waals surface area contributed by atoms with Gasteiger partial charge < -0.3 is 0 Å². The Hall–Kier alpha value is -0.790. The van der Waals surface area contributed by atoms with Gasteiger partial charge in [0.15, 0.2) is 5.78 Å². The molecular weight excluding hydrogens is 359 g/mol. The summed E-state index contributed by atoms with van der Waals surface area (Å²) in [7, 11) is 1.93. The van der Waals surface area contributed by atoms with Crippen LogP contribution in [0.1, 0.15) is 16.1 Å². The molecule has 0 aliphatic rings. The van der Waals surface area contributed by atoms with E-state index in [0.717, 1.165) is 14.8 Å². The summed E-state index contributed by atoms with van der Waals surface area (Å²) in [6, 6.07) is 7.66. The van der Waals surface area contributed by atoms with Crippen molar-refractivity contribution >= 4 is 39.7 Å². The van der Waals surface area contributed by atoms with Crippen LogP contribution in [0, 0.1) is 3.57 Å². The second-order valence-corrected chi connectivity index (χ2v) is 6.05. The maximum Gasteiger partial charge on any atom is 0.176 e. The van der Waals surface area contributed by atoms with Gasteiger partial charge in [-0.15, -0.1) is 11.3 Å². The van der Waals surface area contributed by atoms with Crippen LogP contribution in [0.25, 0.3) is 0 Å². The van der Waals surface area contributed by atoms with E-state index in [-0.39, 0.29) is 5.78 Å². The highest BCUT2D eigenvalue weighted by atomic mass is 127. The Morgan fingerprint density at radius 1 is 1.39 bits per heavy atom. The number of ketones is 1. The zero-order valence-corrected chi connectivity index (χ0v) is 12.9. The standard InChI is InChI=1S/C13H13IN2OS/c1-16(6-12-8-18-9-15-12)7-13(17)10-2-4-11(14)5-3-10/h2-5,8-9H,6-7H2,1H3. The summed E-state index contributed by atoms with van der Waals surface area (Å²) >= 11 is 3.81. The minimum atomic E-state index is 0.143. The van der Waals surface area contributed by atoms with Crippen LogP contribution in [-0.2, 0) is 6.54 Å². The van der Waals surface area contributed by atoms with Crippen molar-refractivity contribution in [1.29, 1.82) is 0 Å². The Balaban J connectivity index is 1.92. The summed E-state index contributed by atoms with van der Waals surface area (Å²) in [6.45, 7) is 1.12. The predicted molar refractivity (Wildman–Crippen MR) is 81.9 cm³/mol. The number of rotatable bonds is 5. The van der Waals surface area contributed by atoms with E-state index in [1.54, 1.807) is 11.3 Å². The highest BCUT2D eigenvalue weighted by Crippen LogP contribution is 2.09. The van der Waals surface area contributed by atoms with Crippen LogP contribution in [0.3, 0.4) is 0 Å². The maximum atomic E-state index is 12.0. The third kappa shape index (κ3) is 3.86. The zero-order chi connectivity index (χ0) is 13.0. The Morgan fingerprint density at radius 3 is 2.72 bits per heavy atom. The Labute approximate surface area is 124 Å². The number of hydrogen-bond acceptors (Lipinski definition) is 4. The fourth-order valence-electron chi connectivity index (χ4n) is 1.62. The summed E-state index contributed by atoms with van der Waals surface area (Å²) in [4.78, 5) is 18.2. The van der Waals surface area contributed by atoms with Crippen molar-refractivity contribution in [2.45, 2.75) is 6.54 Å². The van der Waals surface area contributed by atoms with E-state index in [9.17, 15) is 4.79 Å². The van der Waals surface area contributed by atoms with Gasteiger partial charge >= 0.3 is 0 Å². The van der Waals surface area contributed by atoms with Gasteiger partial charge in [-0.2, -0.15) is 0 Å². The van der Waals surface area contributed by atoms with Crippen LogP contribution >= 0.6 is 33.9 Å². The van der Waals surface area contributed by atoms with Crippen molar-refractivity contribution in [2.75, 3.05) is 13.6 Å². The van der Waals surface area contributed by atoms with Crippen molar-refractivity contribution in [2.24, 2.45) is 0 Å². The first kappa shape index (κ1) is 13.6. The lowest BCUT2D eigenvalue weighted by atomic mass is 10.1. The van der Waals surface area contributed by atoms with Crippen molar-refractivity contribution in [3.63, 3.8) is 0 Å². The van der Waals surface area contributed by atoms with E-state index < -0.39 is 0 Å². The van der Waals surface area contributed by atoms with Gasteiger partial charge in [0.1, 0.15) is 0 Å². The van der Waals surface area contributed by atoms with Crippen molar-refractivity contribution < 1.29 is 4.79 Å². The van der Waals surface area contributed by atoms with Gasteiger partial charge in [0, 0.05) is 21.1 Å². The van der Waals surface area contributed by atoms with Crippen molar-refractivity contribution in [3.8, 4) is 0 Å². The maximum absolute atomic E-state index is 12.0. The molecule has 1 aromatic carbocycles. The fourth-order valence-corrected chi connectivity index (χ4v) is 2.53. The molecule has 0 fully saturated rings. The molecule has 0 spiro atoms. The van der Waals surface area contributed by atoms with Crippen LogP contribution in [-0.4, -0.2) is 29.3 Å². The molecule has 1 aromatic heterocycles. The fraction of sp³-hybridized carbons (Fsp3) is 0.231. The molecule has 0 N–H and O–H groups in total. The average molecular weight is 372 g/mol. The lowest BCUT2D eigenvalue weighted by Crippen LogP contribution is -2.25. The summed E-state index contributed by atoms with van der Waals surface area (Å²) in [5.41, 5.74) is 3.59. The highest BCUT2D eigenvalue weighted by molar-refractivity contribution is 14.1. The van der Waals surface area contributed by atoms with Crippen LogP contribution in [0.5, 0.6) is 0 Å². The first-order valence-electron chi connectivity index (χ1n) is 5.49. The molecule has 5 heteroatoms. The first-order valence-corrected chi connectivity index (χ1v) is 7.51. The van der Waals surface area contributed by atoms with E-state index >= 15 is 0 Å². The summed E-state index contributed by atoms with van der Waals surface area (Å²) in [5, 5.41) is 2.01. The largest absolute Gasteiger partial charge is 0.293 e. The van der Waals surface area contributed by atoms with Gasteiger partial charge in [0.05, 0.1) is 17.7 Å². The molecule has 0 atom stereocenters. The van der Waals surface area contributed by atoms with E-state index in [4.69, 9.17) is 0 Å². The highest BCUT2D eigenvalue weighted by Gasteiger charge is 2.10. The quantitative estimate of drug-likeness (QED) is 0.598. The number of thiazole rings is 1. The lowest BCUT2D eigenvalue weighted by molar-refractivity contribution is 0.0942. The van der Waals surface area contributed by atoms with E-state index in [2.05, 4.69) is 27.6 Å². The van der Waals surface area contributed by atoms with Crippen LogP contribution < -0.4 is 0 Å². The zero-order valence-electron chi connectivity index (χ0n) is 9.97. The molecule has 0 aliphatic carbocycles. The SMILES string of the molecule is CN(CC(=O)c1ccc(I)cc1)Cc1cscn1. The van der Waals surface area contributed by atoms with Crippen molar-refractivity contribution in [3.05, 3.63) is 50.0 Å². The number of likely N-dealkylation sites (N-methyl/N-ethyl adjacent to an activating group) is 1. The average Bonchev–Trinajstić information content (AvgIpc) is 2.82. The van der Waals surface area contributed by atoms with Gasteiger partial charge in [-0.1, -0.05) is 12.1 Å². The predicted octanol–water partition coefficient (Wildman–Crippen LogP) is 3.06. The number of halogens is 1. The summed E-state index contributed by atoms with van der Waals surface area (Å²) < 4.78 is 1.14. The number of carbonyl (C=O) groups is 1. The van der Waals surface area contributed by atoms with E-state index in [1.165, 1.54) is 0 Å². The molecule has 0 aliphatic heterocycles. The van der Waals surface area contributed by atoms with Gasteiger partial charge in [0.2, 0.25) is 0 Å². The van der Waals surface area contributed by atoms with Gasteiger partial charge in [0.25, 0.3) is 0 Å². The Morgan fingerprint density at radius 2 is 2.11 bits per heavy atom.